The molecule has 0 saturated heterocycles. The molecule has 5 nitrogen and oxygen atoms in total. The van der Waals surface area contributed by atoms with Crippen LogP contribution in [0.25, 0.3) is 0 Å². The average Bonchev–Trinajstić information content (AvgIpc) is 2.36. The molecular weight excluding hydrogens is 272 g/mol. The van der Waals surface area contributed by atoms with Gasteiger partial charge >= 0.3 is 18.3 Å². The first kappa shape index (κ1) is 15.0. The van der Waals surface area contributed by atoms with Crippen LogP contribution in [0.2, 0.25) is 0 Å². The van der Waals surface area contributed by atoms with Crippen LogP contribution in [0.15, 0.2) is 12.3 Å². The Morgan fingerprint density at radius 2 is 2.16 bits per heavy atom. The Labute approximate surface area is 105 Å². The van der Waals surface area contributed by atoms with Gasteiger partial charge in [0.25, 0.3) is 0 Å². The molecule has 1 rings (SSSR count). The van der Waals surface area contributed by atoms with E-state index in [0.29, 0.717) is 0 Å². The number of nitrogens with zero attached hydrogens (tertiary/aromatic N) is 1. The number of halogens is 4. The predicted octanol–water partition coefficient (Wildman–Crippen LogP) is 1.73. The summed E-state index contributed by atoms with van der Waals surface area (Å²) in [5.74, 6) is -5.57. The molecule has 0 aliphatic heterocycles. The fourth-order valence-corrected chi connectivity index (χ4v) is 1.05. The van der Waals surface area contributed by atoms with E-state index in [1.54, 1.807) is 0 Å². The highest BCUT2D eigenvalue weighted by Crippen LogP contribution is 2.24. The molecule has 1 aromatic rings. The Balaban J connectivity index is 2.84. The number of methoxy groups -OCH3 is 1. The van der Waals surface area contributed by atoms with E-state index in [1.807, 2.05) is 0 Å². The molecule has 0 unspecified atom stereocenters. The van der Waals surface area contributed by atoms with E-state index < -0.39 is 30.8 Å². The van der Waals surface area contributed by atoms with Crippen molar-refractivity contribution in [1.29, 1.82) is 0 Å². The third kappa shape index (κ3) is 3.70. The highest BCUT2D eigenvalue weighted by Gasteiger charge is 2.41. The molecule has 0 saturated carbocycles. The molecule has 0 aromatic carbocycles. The number of nitrogens with two attached hydrogens (primary N) is 1. The van der Waals surface area contributed by atoms with E-state index in [0.717, 1.165) is 19.4 Å². The number of ether oxygens (including phenoxy) is 2. The molecule has 19 heavy (non-hydrogen) atoms. The first-order chi connectivity index (χ1) is 8.77. The highest BCUT2D eigenvalue weighted by atomic mass is 19.3. The summed E-state index contributed by atoms with van der Waals surface area (Å²) < 4.78 is 57.8. The van der Waals surface area contributed by atoms with Crippen LogP contribution < -0.4 is 10.5 Å². The zero-order valence-electron chi connectivity index (χ0n) is 9.70. The number of carbonyl (C=O) groups is 1. The van der Waals surface area contributed by atoms with Gasteiger partial charge in [-0.2, -0.15) is 8.78 Å². The third-order valence-electron chi connectivity index (χ3n) is 2.05. The van der Waals surface area contributed by atoms with Crippen molar-refractivity contribution in [3.05, 3.63) is 17.8 Å². The van der Waals surface area contributed by atoms with Crippen molar-refractivity contribution >= 4 is 11.7 Å². The minimum Gasteiger partial charge on any atom is -0.471 e. The van der Waals surface area contributed by atoms with E-state index in [-0.39, 0.29) is 11.3 Å². The van der Waals surface area contributed by atoms with Crippen molar-refractivity contribution in [2.24, 2.45) is 0 Å². The van der Waals surface area contributed by atoms with Crippen LogP contribution in [0.1, 0.15) is 10.4 Å². The molecule has 0 aliphatic rings. The Morgan fingerprint density at radius 1 is 1.53 bits per heavy atom. The second-order valence-corrected chi connectivity index (χ2v) is 3.45. The minimum atomic E-state index is -4.31. The van der Waals surface area contributed by atoms with Gasteiger partial charge in [-0.1, -0.05) is 0 Å². The van der Waals surface area contributed by atoms with Gasteiger partial charge in [-0.15, -0.1) is 0 Å². The quantitative estimate of drug-likeness (QED) is 0.657. The van der Waals surface area contributed by atoms with Crippen molar-refractivity contribution in [2.75, 3.05) is 19.5 Å². The summed E-state index contributed by atoms with van der Waals surface area (Å²) in [5.41, 5.74) is 5.19. The first-order valence-corrected chi connectivity index (χ1v) is 4.90. The summed E-state index contributed by atoms with van der Waals surface area (Å²) in [4.78, 5) is 14.7. The molecule has 1 aromatic heterocycles. The van der Waals surface area contributed by atoms with Crippen molar-refractivity contribution in [3.8, 4) is 5.88 Å². The zero-order chi connectivity index (χ0) is 14.6. The number of aromatic nitrogens is 1. The maximum Gasteiger partial charge on any atom is 0.340 e. The smallest absolute Gasteiger partial charge is 0.340 e. The van der Waals surface area contributed by atoms with Gasteiger partial charge in [0.05, 0.1) is 24.6 Å². The standard InChI is InChI=1S/C10H10F4N2O3/c1-18-8(17)5-2-7(16-3-6(5)15)19-4-10(13,14)9(11)12/h2-3,9H,4,15H2,1H3. The molecule has 0 radical (unpaired) electrons. The summed E-state index contributed by atoms with van der Waals surface area (Å²) >= 11 is 0. The number of pyridine rings is 1. The van der Waals surface area contributed by atoms with Crippen molar-refractivity contribution in [3.63, 3.8) is 0 Å². The van der Waals surface area contributed by atoms with Crippen molar-refractivity contribution in [2.45, 2.75) is 12.3 Å². The monoisotopic (exact) mass is 282 g/mol. The summed E-state index contributed by atoms with van der Waals surface area (Å²) in [5, 5.41) is 0. The Morgan fingerprint density at radius 3 is 2.68 bits per heavy atom. The molecule has 9 heteroatoms. The fourth-order valence-electron chi connectivity index (χ4n) is 1.05. The predicted molar refractivity (Wildman–Crippen MR) is 56.4 cm³/mol. The number of esters is 1. The van der Waals surface area contributed by atoms with Crippen LogP contribution in [0.3, 0.4) is 0 Å². The largest absolute Gasteiger partial charge is 0.471 e. The molecule has 1 heterocycles. The molecule has 0 bridgehead atoms. The SMILES string of the molecule is COC(=O)c1cc(OCC(F)(F)C(F)F)ncc1N. The molecule has 0 atom stereocenters. The van der Waals surface area contributed by atoms with Crippen LogP contribution in [0.4, 0.5) is 23.2 Å². The summed E-state index contributed by atoms with van der Waals surface area (Å²) in [6, 6.07) is 0.933. The fraction of sp³-hybridized carbons (Fsp3) is 0.400. The maximum atomic E-state index is 12.6. The number of rotatable bonds is 5. The molecule has 0 fully saturated rings. The van der Waals surface area contributed by atoms with Gasteiger partial charge < -0.3 is 15.2 Å². The number of hydrogen-bond donors (Lipinski definition) is 1. The van der Waals surface area contributed by atoms with Gasteiger partial charge in [0.1, 0.15) is 0 Å². The minimum absolute atomic E-state index is 0.0557. The lowest BCUT2D eigenvalue weighted by molar-refractivity contribution is -0.148. The molecule has 0 aliphatic carbocycles. The van der Waals surface area contributed by atoms with Crippen LogP contribution in [-0.2, 0) is 4.74 Å². The van der Waals surface area contributed by atoms with Crippen molar-refractivity contribution < 1.29 is 31.8 Å². The van der Waals surface area contributed by atoms with Gasteiger partial charge in [-0.3, -0.25) is 0 Å². The molecule has 106 valence electrons. The van der Waals surface area contributed by atoms with E-state index in [2.05, 4.69) is 14.5 Å². The molecule has 0 spiro atoms. The third-order valence-corrected chi connectivity index (χ3v) is 2.05. The number of carbonyl (C=O) groups excluding carboxylic acids is 1. The summed E-state index contributed by atoms with van der Waals surface area (Å²) in [6.07, 6.45) is -2.89. The second kappa shape index (κ2) is 5.72. The molecular formula is C10H10F4N2O3. The topological polar surface area (TPSA) is 74.4 Å². The second-order valence-electron chi connectivity index (χ2n) is 3.45. The average molecular weight is 282 g/mol. The summed E-state index contributed by atoms with van der Waals surface area (Å²) in [6.45, 7) is -1.57. The number of nitrogen functional groups attached to an aromatic ring is 1. The van der Waals surface area contributed by atoms with Gasteiger partial charge in [0.2, 0.25) is 5.88 Å². The van der Waals surface area contributed by atoms with Gasteiger partial charge in [-0.25, -0.2) is 18.6 Å². The number of alkyl halides is 4. The Kier molecular flexibility index (Phi) is 4.52. The van der Waals surface area contributed by atoms with Crippen molar-refractivity contribution in [1.82, 2.24) is 4.98 Å². The van der Waals surface area contributed by atoms with Gasteiger partial charge in [0.15, 0.2) is 6.61 Å². The lowest BCUT2D eigenvalue weighted by Crippen LogP contribution is -2.33. The van der Waals surface area contributed by atoms with E-state index in [1.165, 1.54) is 0 Å². The lowest BCUT2D eigenvalue weighted by atomic mass is 10.2. The van der Waals surface area contributed by atoms with Crippen LogP contribution in [0, 0.1) is 0 Å². The molecule has 2 N–H and O–H groups in total. The van der Waals surface area contributed by atoms with E-state index in [9.17, 15) is 22.4 Å². The van der Waals surface area contributed by atoms with E-state index in [4.69, 9.17) is 5.73 Å². The molecule has 0 amide bonds. The first-order valence-electron chi connectivity index (χ1n) is 4.90. The summed E-state index contributed by atoms with van der Waals surface area (Å²) in [7, 11) is 1.09. The Hall–Kier alpha value is -2.06. The number of hydrogen-bond acceptors (Lipinski definition) is 5. The zero-order valence-corrected chi connectivity index (χ0v) is 9.70. The van der Waals surface area contributed by atoms with E-state index >= 15 is 0 Å². The van der Waals surface area contributed by atoms with Gasteiger partial charge in [0, 0.05) is 6.07 Å². The van der Waals surface area contributed by atoms with Crippen LogP contribution in [-0.4, -0.2) is 37.0 Å². The maximum absolute atomic E-state index is 12.6. The Bertz CT molecular complexity index is 468. The van der Waals surface area contributed by atoms with Gasteiger partial charge in [-0.05, 0) is 0 Å². The van der Waals surface area contributed by atoms with Crippen LogP contribution in [0.5, 0.6) is 5.88 Å². The number of anilines is 1. The lowest BCUT2D eigenvalue weighted by Gasteiger charge is -2.15. The van der Waals surface area contributed by atoms with Crippen LogP contribution >= 0.6 is 0 Å². The highest BCUT2D eigenvalue weighted by molar-refractivity contribution is 5.95. The normalized spacial score (nSPS) is 11.5.